The van der Waals surface area contributed by atoms with Crippen LogP contribution >= 0.6 is 0 Å². The van der Waals surface area contributed by atoms with Crippen molar-refractivity contribution in [2.75, 3.05) is 32.1 Å². The molecule has 10 heteroatoms. The third-order valence-electron chi connectivity index (χ3n) is 5.56. The molecule has 1 aromatic carbocycles. The molecule has 0 aliphatic carbocycles. The quantitative estimate of drug-likeness (QED) is 0.480. The Morgan fingerprint density at radius 1 is 1.18 bits per heavy atom. The van der Waals surface area contributed by atoms with Gasteiger partial charge in [0.1, 0.15) is 11.9 Å². The van der Waals surface area contributed by atoms with Gasteiger partial charge in [-0.25, -0.2) is 9.59 Å². The smallest absolute Gasteiger partial charge is 0.319 e. The van der Waals surface area contributed by atoms with Crippen molar-refractivity contribution in [1.29, 1.82) is 0 Å². The summed E-state index contributed by atoms with van der Waals surface area (Å²) in [4.78, 5) is 41.2. The lowest BCUT2D eigenvalue weighted by Gasteiger charge is -2.38. The number of benzene rings is 1. The Morgan fingerprint density at radius 2 is 1.82 bits per heavy atom. The van der Waals surface area contributed by atoms with Gasteiger partial charge < -0.3 is 35.6 Å². The Balaban J connectivity index is 2.38. The van der Waals surface area contributed by atoms with Crippen molar-refractivity contribution in [2.45, 2.75) is 65.8 Å². The van der Waals surface area contributed by atoms with Crippen LogP contribution in [-0.4, -0.2) is 83.8 Å². The second kappa shape index (κ2) is 11.9. The predicted octanol–water partition coefficient (Wildman–Crippen LogP) is 2.49. The van der Waals surface area contributed by atoms with Crippen LogP contribution in [0.5, 0.6) is 5.75 Å². The van der Waals surface area contributed by atoms with Crippen molar-refractivity contribution in [2.24, 2.45) is 5.92 Å². The largest absolute Gasteiger partial charge is 0.487 e. The van der Waals surface area contributed by atoms with Gasteiger partial charge in [0.05, 0.1) is 24.8 Å². The average molecular weight is 478 g/mol. The summed E-state index contributed by atoms with van der Waals surface area (Å²) in [5.74, 6) is -0.0418. The van der Waals surface area contributed by atoms with E-state index in [-0.39, 0.29) is 48.1 Å². The first-order valence-electron chi connectivity index (χ1n) is 11.7. The molecule has 1 aromatic rings. The van der Waals surface area contributed by atoms with Crippen molar-refractivity contribution >= 4 is 23.7 Å². The predicted molar refractivity (Wildman–Crippen MR) is 131 cm³/mol. The van der Waals surface area contributed by atoms with Gasteiger partial charge in [-0.2, -0.15) is 0 Å². The van der Waals surface area contributed by atoms with Gasteiger partial charge >= 0.3 is 12.1 Å². The van der Waals surface area contributed by atoms with Crippen molar-refractivity contribution in [3.63, 3.8) is 0 Å². The van der Waals surface area contributed by atoms with E-state index in [0.717, 1.165) is 0 Å². The molecule has 0 radical (unpaired) electrons. The Labute approximate surface area is 202 Å². The highest BCUT2D eigenvalue weighted by Gasteiger charge is 2.34. The van der Waals surface area contributed by atoms with Gasteiger partial charge in [-0.15, -0.1) is 0 Å². The first kappa shape index (κ1) is 27.2. The number of hydrogen-bond acceptors (Lipinski definition) is 5. The van der Waals surface area contributed by atoms with Crippen LogP contribution in [0.4, 0.5) is 15.3 Å². The van der Waals surface area contributed by atoms with Crippen molar-refractivity contribution in [1.82, 2.24) is 20.4 Å². The van der Waals surface area contributed by atoms with Crippen LogP contribution < -0.4 is 20.7 Å². The molecule has 0 aromatic heterocycles. The zero-order valence-corrected chi connectivity index (χ0v) is 21.2. The summed E-state index contributed by atoms with van der Waals surface area (Å²) in [7, 11) is 1.70. The highest BCUT2D eigenvalue weighted by Crippen LogP contribution is 2.30. The van der Waals surface area contributed by atoms with E-state index in [0.29, 0.717) is 24.5 Å². The number of ether oxygens (including phenoxy) is 1. The number of amides is 5. The van der Waals surface area contributed by atoms with Crippen LogP contribution in [0.1, 0.15) is 51.9 Å². The van der Waals surface area contributed by atoms with Gasteiger partial charge in [-0.1, -0.05) is 6.92 Å². The van der Waals surface area contributed by atoms with Crippen LogP contribution in [0.15, 0.2) is 18.2 Å². The van der Waals surface area contributed by atoms with Crippen LogP contribution in [-0.2, 0) is 0 Å². The van der Waals surface area contributed by atoms with Crippen LogP contribution in [0, 0.1) is 5.92 Å². The number of hydrogen-bond donors (Lipinski definition) is 4. The molecule has 0 fully saturated rings. The summed E-state index contributed by atoms with van der Waals surface area (Å²) >= 11 is 0. The molecule has 190 valence electrons. The lowest BCUT2D eigenvalue weighted by molar-refractivity contribution is 0.0366. The van der Waals surface area contributed by atoms with Gasteiger partial charge in [0.15, 0.2) is 0 Å². The summed E-state index contributed by atoms with van der Waals surface area (Å²) in [6, 6.07) is 3.87. The summed E-state index contributed by atoms with van der Waals surface area (Å²) in [6.45, 7) is 11.7. The number of anilines is 1. The number of likely N-dealkylation sites (N-methyl/N-ethyl adjacent to an activating group) is 1. The van der Waals surface area contributed by atoms with Gasteiger partial charge in [0, 0.05) is 37.3 Å². The van der Waals surface area contributed by atoms with E-state index < -0.39 is 12.1 Å². The molecule has 4 N–H and O–H groups in total. The molecule has 0 saturated carbocycles. The minimum atomic E-state index is -0.413. The van der Waals surface area contributed by atoms with Crippen molar-refractivity contribution in [3.8, 4) is 5.75 Å². The van der Waals surface area contributed by atoms with Gasteiger partial charge in [0.25, 0.3) is 5.91 Å². The standard InChI is InChI=1S/C24H39N5O5/c1-14(2)25-23(32)27-18-8-9-20-19(10-18)22(31)29(17(6)13-30)11-16(5)21(34-20)12-28(7)24(33)26-15(3)4/h8-10,14-17,21,30H,11-13H2,1-7H3,(H,26,33)(H2,25,27,32)/t16-,17+,21-/m0/s1. The second-order valence-corrected chi connectivity index (χ2v) is 9.57. The fourth-order valence-corrected chi connectivity index (χ4v) is 3.66. The van der Waals surface area contributed by atoms with Crippen molar-refractivity contribution < 1.29 is 24.2 Å². The summed E-state index contributed by atoms with van der Waals surface area (Å²) in [6.07, 6.45) is -0.397. The van der Waals surface area contributed by atoms with Gasteiger partial charge in [0.2, 0.25) is 0 Å². The molecule has 0 bridgehead atoms. The number of rotatable bonds is 7. The van der Waals surface area contributed by atoms with Crippen molar-refractivity contribution in [3.05, 3.63) is 23.8 Å². The van der Waals surface area contributed by atoms with Crippen LogP contribution in [0.3, 0.4) is 0 Å². The minimum Gasteiger partial charge on any atom is -0.487 e. The normalized spacial score (nSPS) is 19.0. The number of carbonyl (C=O) groups is 3. The van der Waals surface area contributed by atoms with E-state index in [1.54, 1.807) is 42.0 Å². The molecule has 10 nitrogen and oxygen atoms in total. The molecule has 0 spiro atoms. The van der Waals surface area contributed by atoms with Gasteiger partial charge in [-0.3, -0.25) is 4.79 Å². The Bertz CT molecular complexity index is 875. The lowest BCUT2D eigenvalue weighted by atomic mass is 9.99. The third-order valence-corrected chi connectivity index (χ3v) is 5.56. The summed E-state index contributed by atoms with van der Waals surface area (Å²) in [5, 5.41) is 18.1. The van der Waals surface area contributed by atoms with E-state index in [9.17, 15) is 19.5 Å². The van der Waals surface area contributed by atoms with Gasteiger partial charge in [-0.05, 0) is 52.8 Å². The zero-order valence-electron chi connectivity index (χ0n) is 21.2. The second-order valence-electron chi connectivity index (χ2n) is 9.57. The Hall–Kier alpha value is -3.01. The lowest BCUT2D eigenvalue weighted by Crippen LogP contribution is -2.51. The first-order valence-corrected chi connectivity index (χ1v) is 11.7. The van der Waals surface area contributed by atoms with E-state index >= 15 is 0 Å². The summed E-state index contributed by atoms with van der Waals surface area (Å²) < 4.78 is 6.27. The molecule has 3 atom stereocenters. The molecular weight excluding hydrogens is 438 g/mol. The third kappa shape index (κ3) is 7.24. The highest BCUT2D eigenvalue weighted by atomic mass is 16.5. The number of aliphatic hydroxyl groups is 1. The number of aliphatic hydroxyl groups excluding tert-OH is 1. The SMILES string of the molecule is CC(C)NC(=O)Nc1ccc2c(c1)C(=O)N([C@H](C)CO)C[C@H](C)[C@H](CN(C)C(=O)NC(C)C)O2. The fraction of sp³-hybridized carbons (Fsp3) is 0.625. The molecule has 0 unspecified atom stereocenters. The first-order chi connectivity index (χ1) is 15.9. The fourth-order valence-electron chi connectivity index (χ4n) is 3.66. The molecule has 34 heavy (non-hydrogen) atoms. The molecular formula is C24H39N5O5. The zero-order chi connectivity index (χ0) is 25.6. The molecule has 1 heterocycles. The minimum absolute atomic E-state index is 0.00341. The Morgan fingerprint density at radius 3 is 2.41 bits per heavy atom. The van der Waals surface area contributed by atoms with Crippen LogP contribution in [0.25, 0.3) is 0 Å². The van der Waals surface area contributed by atoms with Crippen LogP contribution in [0.2, 0.25) is 0 Å². The molecule has 1 aliphatic rings. The molecule has 1 aliphatic heterocycles. The topological polar surface area (TPSA) is 123 Å². The maximum Gasteiger partial charge on any atom is 0.319 e. The van der Waals surface area contributed by atoms with E-state index in [1.165, 1.54) is 0 Å². The average Bonchev–Trinajstić information content (AvgIpc) is 2.74. The maximum atomic E-state index is 13.4. The molecule has 2 rings (SSSR count). The van der Waals surface area contributed by atoms with E-state index in [2.05, 4.69) is 16.0 Å². The van der Waals surface area contributed by atoms with E-state index in [4.69, 9.17) is 4.74 Å². The number of nitrogens with one attached hydrogen (secondary N) is 3. The highest BCUT2D eigenvalue weighted by molar-refractivity contribution is 5.99. The van der Waals surface area contributed by atoms with E-state index in [1.807, 2.05) is 34.6 Å². The number of urea groups is 2. The monoisotopic (exact) mass is 477 g/mol. The summed E-state index contributed by atoms with van der Waals surface area (Å²) in [5.41, 5.74) is 0.734. The molecule has 5 amide bonds. The maximum absolute atomic E-state index is 13.4. The number of nitrogens with zero attached hydrogens (tertiary/aromatic N) is 2. The Kier molecular flexibility index (Phi) is 9.55. The number of fused-ring (bicyclic) bond motifs is 1. The molecule has 0 saturated heterocycles. The number of carbonyl (C=O) groups excluding carboxylic acids is 3.